The number of carboxylic acid groups (broad SMARTS) is 1. The molecule has 0 aliphatic carbocycles. The van der Waals surface area contributed by atoms with Crippen LogP contribution < -0.4 is 37.6 Å². The summed E-state index contributed by atoms with van der Waals surface area (Å²) in [6.45, 7) is 7.81. The monoisotopic (exact) mass is 815 g/mol. The maximum atomic E-state index is 13.8. The number of carbonyl (C=O) groups excluding carboxylic acids is 6. The van der Waals surface area contributed by atoms with Gasteiger partial charge in [0.05, 0.1) is 30.5 Å². The second-order valence-corrected chi connectivity index (χ2v) is 14.5. The Morgan fingerprint density at radius 2 is 0.793 bits per heavy atom. The third-order valence-corrected chi connectivity index (χ3v) is 9.03. The molecule has 0 saturated carbocycles. The molecule has 0 saturated heterocycles. The highest BCUT2D eigenvalue weighted by atomic mass is 16.4. The molecule has 19 heteroatoms. The summed E-state index contributed by atoms with van der Waals surface area (Å²) in [6, 6.07) is 6.37. The molecule has 13 N–H and O–H groups in total. The number of aliphatic hydroxyl groups excluding tert-OH is 4. The Morgan fingerprint density at radius 1 is 0.466 bits per heavy atom. The molecule has 0 spiro atoms. The SMILES string of the molecule is CC(C)[C@H](NC(=O)[C@@H](NC(=O)[C@H](Cc1ccccc1)NC(=O)[C@@H](NC(=O)[C@@H](NC(=O)[C@@H](N)Cc1ccccc1)[C@@H](C)O)[C@@H](C)O)[C@@H](C)O)C(=O)N[C@H](C(=O)O)[C@@H](C)O. The fourth-order valence-electron chi connectivity index (χ4n) is 5.66. The molecule has 2 rings (SSSR count). The molecular weight excluding hydrogens is 758 g/mol. The van der Waals surface area contributed by atoms with Crippen LogP contribution in [0.4, 0.5) is 0 Å². The number of aliphatic hydroxyl groups is 4. The summed E-state index contributed by atoms with van der Waals surface area (Å²) in [5.74, 6) is -8.07. The molecule has 320 valence electrons. The molecule has 0 fully saturated rings. The largest absolute Gasteiger partial charge is 0.480 e. The Balaban J connectivity index is 2.30. The molecular formula is C39H57N7O12. The number of benzene rings is 2. The highest BCUT2D eigenvalue weighted by molar-refractivity contribution is 5.97. The number of amides is 6. The van der Waals surface area contributed by atoms with E-state index in [-0.39, 0.29) is 12.8 Å². The van der Waals surface area contributed by atoms with Gasteiger partial charge in [0.25, 0.3) is 0 Å². The average Bonchev–Trinajstić information content (AvgIpc) is 3.15. The number of hydrogen-bond acceptors (Lipinski definition) is 12. The minimum Gasteiger partial charge on any atom is -0.480 e. The van der Waals surface area contributed by atoms with Gasteiger partial charge in [-0.3, -0.25) is 28.8 Å². The van der Waals surface area contributed by atoms with Crippen LogP contribution in [0.3, 0.4) is 0 Å². The first-order valence-electron chi connectivity index (χ1n) is 18.7. The number of nitrogens with one attached hydrogen (secondary N) is 6. The van der Waals surface area contributed by atoms with Crippen LogP contribution in [0.25, 0.3) is 0 Å². The molecule has 19 nitrogen and oxygen atoms in total. The van der Waals surface area contributed by atoms with Crippen LogP contribution in [0.5, 0.6) is 0 Å². The fourth-order valence-corrected chi connectivity index (χ4v) is 5.66. The van der Waals surface area contributed by atoms with E-state index in [4.69, 9.17) is 5.73 Å². The highest BCUT2D eigenvalue weighted by Gasteiger charge is 2.37. The summed E-state index contributed by atoms with van der Waals surface area (Å²) in [7, 11) is 0. The molecule has 2 aromatic carbocycles. The number of carbonyl (C=O) groups is 7. The summed E-state index contributed by atoms with van der Waals surface area (Å²) in [5.41, 5.74) is 7.32. The van der Waals surface area contributed by atoms with Crippen molar-refractivity contribution in [1.82, 2.24) is 31.9 Å². The number of aliphatic carboxylic acids is 1. The standard InChI is InChI=1S/C39H57N7O12/c1-19(2)28(35(53)46-32(23(6)50)39(57)58)42-37(55)31(22(5)49)44-34(52)27(18-25-15-11-8-12-16-25)41-36(54)29(20(3)47)45-38(56)30(21(4)48)43-33(51)26(40)17-24-13-9-7-10-14-24/h7-16,19-23,26-32,47-50H,17-18,40H2,1-6H3,(H,41,54)(H,42,55)(H,43,51)(H,44,52)(H,45,56)(H,46,53)(H,57,58)/t20-,21-,22-,23-,26+,27+,28+,29+,30+,31+,32+/m1/s1. The molecule has 6 amide bonds. The number of carboxylic acids is 1. The van der Waals surface area contributed by atoms with Gasteiger partial charge in [-0.25, -0.2) is 4.79 Å². The van der Waals surface area contributed by atoms with Crippen LogP contribution in [-0.2, 0) is 46.4 Å². The van der Waals surface area contributed by atoms with Gasteiger partial charge in [0, 0.05) is 6.42 Å². The van der Waals surface area contributed by atoms with Crippen molar-refractivity contribution in [3.63, 3.8) is 0 Å². The van der Waals surface area contributed by atoms with Gasteiger partial charge < -0.3 is 63.2 Å². The van der Waals surface area contributed by atoms with Crippen molar-refractivity contribution in [3.05, 3.63) is 71.8 Å². The minimum absolute atomic E-state index is 0.118. The van der Waals surface area contributed by atoms with Crippen LogP contribution in [0.1, 0.15) is 52.7 Å². The molecule has 11 atom stereocenters. The predicted octanol–water partition coefficient (Wildman–Crippen LogP) is -3.03. The first-order valence-corrected chi connectivity index (χ1v) is 18.7. The van der Waals surface area contributed by atoms with E-state index in [0.717, 1.165) is 12.5 Å². The summed E-state index contributed by atoms with van der Waals surface area (Å²) in [6.07, 6.45) is -6.19. The third-order valence-electron chi connectivity index (χ3n) is 9.03. The van der Waals surface area contributed by atoms with Gasteiger partial charge in [0.1, 0.15) is 30.2 Å². The van der Waals surface area contributed by atoms with Gasteiger partial charge in [0.15, 0.2) is 6.04 Å². The van der Waals surface area contributed by atoms with Crippen molar-refractivity contribution < 1.29 is 59.1 Å². The van der Waals surface area contributed by atoms with E-state index in [9.17, 15) is 59.1 Å². The molecule has 0 heterocycles. The van der Waals surface area contributed by atoms with E-state index in [0.29, 0.717) is 5.56 Å². The maximum Gasteiger partial charge on any atom is 0.328 e. The van der Waals surface area contributed by atoms with E-state index in [2.05, 4.69) is 31.9 Å². The van der Waals surface area contributed by atoms with Gasteiger partial charge in [-0.05, 0) is 51.2 Å². The summed E-state index contributed by atoms with van der Waals surface area (Å²) in [5, 5.41) is 64.8. The molecule has 0 aromatic heterocycles. The zero-order valence-corrected chi connectivity index (χ0v) is 33.3. The van der Waals surface area contributed by atoms with E-state index in [1.165, 1.54) is 20.8 Å². The summed E-state index contributed by atoms with van der Waals surface area (Å²) < 4.78 is 0. The molecule has 0 bridgehead atoms. The number of rotatable bonds is 22. The second-order valence-electron chi connectivity index (χ2n) is 14.5. The van der Waals surface area contributed by atoms with Crippen LogP contribution in [0.2, 0.25) is 0 Å². The van der Waals surface area contributed by atoms with Crippen molar-refractivity contribution in [2.45, 2.75) is 121 Å². The second kappa shape index (κ2) is 23.1. The Hall–Kier alpha value is -5.47. The normalized spacial score (nSPS) is 17.0. The van der Waals surface area contributed by atoms with Crippen LogP contribution in [0, 0.1) is 5.92 Å². The average molecular weight is 816 g/mol. The maximum absolute atomic E-state index is 13.8. The molecule has 0 radical (unpaired) electrons. The van der Waals surface area contributed by atoms with E-state index in [1.54, 1.807) is 74.5 Å². The van der Waals surface area contributed by atoms with E-state index >= 15 is 0 Å². The Kier molecular flexibility index (Phi) is 19.4. The lowest BCUT2D eigenvalue weighted by molar-refractivity contribution is -0.145. The lowest BCUT2D eigenvalue weighted by Crippen LogP contribution is -2.64. The molecule has 58 heavy (non-hydrogen) atoms. The van der Waals surface area contributed by atoms with Crippen LogP contribution >= 0.6 is 0 Å². The third kappa shape index (κ3) is 15.1. The van der Waals surface area contributed by atoms with Crippen molar-refractivity contribution in [2.24, 2.45) is 11.7 Å². The number of hydrogen-bond donors (Lipinski definition) is 12. The lowest BCUT2D eigenvalue weighted by Gasteiger charge is -2.30. The lowest BCUT2D eigenvalue weighted by atomic mass is 10.0. The fraction of sp³-hybridized carbons (Fsp3) is 0.513. The van der Waals surface area contributed by atoms with Gasteiger partial charge in [-0.2, -0.15) is 0 Å². The Bertz CT molecular complexity index is 1690. The summed E-state index contributed by atoms with van der Waals surface area (Å²) >= 11 is 0. The van der Waals surface area contributed by atoms with Crippen molar-refractivity contribution in [1.29, 1.82) is 0 Å². The zero-order valence-electron chi connectivity index (χ0n) is 33.3. The zero-order chi connectivity index (χ0) is 43.9. The molecule has 2 aromatic rings. The quantitative estimate of drug-likeness (QED) is 0.0564. The van der Waals surface area contributed by atoms with Gasteiger partial charge >= 0.3 is 5.97 Å². The highest BCUT2D eigenvalue weighted by Crippen LogP contribution is 2.10. The molecule has 0 aliphatic heterocycles. The first kappa shape index (κ1) is 48.7. The smallest absolute Gasteiger partial charge is 0.328 e. The van der Waals surface area contributed by atoms with Crippen LogP contribution in [-0.4, -0.2) is 134 Å². The van der Waals surface area contributed by atoms with Gasteiger partial charge in [-0.1, -0.05) is 74.5 Å². The van der Waals surface area contributed by atoms with E-state index in [1.807, 2.05) is 0 Å². The molecule has 0 aliphatic rings. The van der Waals surface area contributed by atoms with Crippen LogP contribution in [0.15, 0.2) is 60.7 Å². The topological polar surface area (TPSA) is 319 Å². The Morgan fingerprint density at radius 3 is 1.19 bits per heavy atom. The van der Waals surface area contributed by atoms with Gasteiger partial charge in [0.2, 0.25) is 35.4 Å². The molecule has 0 unspecified atom stereocenters. The summed E-state index contributed by atoms with van der Waals surface area (Å²) in [4.78, 5) is 91.9. The first-order chi connectivity index (χ1) is 27.1. The van der Waals surface area contributed by atoms with Gasteiger partial charge in [-0.15, -0.1) is 0 Å². The van der Waals surface area contributed by atoms with Crippen molar-refractivity contribution >= 4 is 41.4 Å². The van der Waals surface area contributed by atoms with E-state index < -0.39 is 114 Å². The minimum atomic E-state index is -1.74. The predicted molar refractivity (Wildman–Crippen MR) is 209 cm³/mol. The number of nitrogens with two attached hydrogens (primary N) is 1. The Labute approximate surface area is 336 Å². The van der Waals surface area contributed by atoms with Crippen molar-refractivity contribution in [3.8, 4) is 0 Å². The van der Waals surface area contributed by atoms with Crippen molar-refractivity contribution in [2.75, 3.05) is 0 Å².